The summed E-state index contributed by atoms with van der Waals surface area (Å²) in [6.07, 6.45) is 6.23. The third-order valence-corrected chi connectivity index (χ3v) is 4.46. The van der Waals surface area contributed by atoms with Gasteiger partial charge in [0, 0.05) is 0 Å². The van der Waals surface area contributed by atoms with Gasteiger partial charge in [0.2, 0.25) is 0 Å². The van der Waals surface area contributed by atoms with Crippen LogP contribution in [0.1, 0.15) is 36.5 Å². The minimum atomic E-state index is -2.90. The van der Waals surface area contributed by atoms with Crippen LogP contribution >= 0.6 is 0 Å². The normalized spacial score (nSPS) is 13.7. The van der Waals surface area contributed by atoms with Gasteiger partial charge in [-0.1, -0.05) is 42.5 Å². The largest absolute Gasteiger partial charge is 0.489 e. The van der Waals surface area contributed by atoms with Crippen molar-refractivity contribution >= 4 is 18.1 Å². The molecule has 0 unspecified atom stereocenters. The van der Waals surface area contributed by atoms with Gasteiger partial charge < -0.3 is 14.2 Å². The number of carbonyl (C=O) groups is 1. The van der Waals surface area contributed by atoms with E-state index in [0.717, 1.165) is 29.5 Å². The van der Waals surface area contributed by atoms with E-state index in [-0.39, 0.29) is 18.1 Å². The lowest BCUT2D eigenvalue weighted by Crippen LogP contribution is -2.07. The molecule has 1 saturated carbocycles. The molecule has 0 N–H and O–H groups in total. The van der Waals surface area contributed by atoms with Crippen LogP contribution in [-0.2, 0) is 16.0 Å². The van der Waals surface area contributed by atoms with Gasteiger partial charge in [-0.25, -0.2) is 0 Å². The maximum Gasteiger partial charge on any atom is 0.387 e. The molecule has 0 aromatic heterocycles. The van der Waals surface area contributed by atoms with Gasteiger partial charge in [-0.2, -0.15) is 8.78 Å². The molecule has 0 aliphatic heterocycles. The Morgan fingerprint density at radius 3 is 2.41 bits per heavy atom. The van der Waals surface area contributed by atoms with Gasteiger partial charge in [-0.3, -0.25) is 4.79 Å². The number of carbonyl (C=O) groups excluding carboxylic acids is 1. The van der Waals surface area contributed by atoms with Gasteiger partial charge in [0.25, 0.3) is 0 Å². The molecule has 1 aliphatic rings. The smallest absolute Gasteiger partial charge is 0.387 e. The number of hydrogen-bond donors (Lipinski definition) is 0. The maximum atomic E-state index is 12.6. The van der Waals surface area contributed by atoms with Crippen LogP contribution in [0.5, 0.6) is 11.5 Å². The van der Waals surface area contributed by atoms with E-state index >= 15 is 0 Å². The van der Waals surface area contributed by atoms with Crippen LogP contribution in [0.3, 0.4) is 0 Å². The molecule has 29 heavy (non-hydrogen) atoms. The number of benzene rings is 2. The summed E-state index contributed by atoms with van der Waals surface area (Å²) in [6, 6.07) is 12.5. The van der Waals surface area contributed by atoms with Crippen molar-refractivity contribution in [2.75, 3.05) is 13.2 Å². The second-order valence-electron chi connectivity index (χ2n) is 6.90. The fourth-order valence-corrected chi connectivity index (χ4v) is 2.74. The average molecular weight is 402 g/mol. The molecule has 0 atom stereocenters. The standard InChI is InChI=1S/C23H24F2O4/c1-2-27-22(26)14-18-7-4-16(5-8-18)3-6-17-11-12-20(29-23(24)25)21(13-17)28-15-19-9-10-19/h3-8,11-13,19,23H,2,9-10,14-15H2,1H3/b6-3+. The van der Waals surface area contributed by atoms with Crippen molar-refractivity contribution in [1.29, 1.82) is 0 Å². The van der Waals surface area contributed by atoms with Gasteiger partial charge in [0.1, 0.15) is 0 Å². The summed E-state index contributed by atoms with van der Waals surface area (Å²) in [5.74, 6) is 0.618. The molecule has 0 amide bonds. The molecule has 0 radical (unpaired) electrons. The Bertz CT molecular complexity index is 842. The minimum Gasteiger partial charge on any atom is -0.489 e. The van der Waals surface area contributed by atoms with E-state index in [4.69, 9.17) is 9.47 Å². The first-order valence-corrected chi connectivity index (χ1v) is 9.68. The zero-order valence-corrected chi connectivity index (χ0v) is 16.3. The maximum absolute atomic E-state index is 12.6. The van der Waals surface area contributed by atoms with Crippen molar-refractivity contribution in [2.24, 2.45) is 5.92 Å². The van der Waals surface area contributed by atoms with Crippen LogP contribution in [0.15, 0.2) is 42.5 Å². The van der Waals surface area contributed by atoms with E-state index in [2.05, 4.69) is 4.74 Å². The molecule has 6 heteroatoms. The molecule has 1 fully saturated rings. The molecule has 4 nitrogen and oxygen atoms in total. The average Bonchev–Trinajstić information content (AvgIpc) is 3.51. The third kappa shape index (κ3) is 6.89. The summed E-state index contributed by atoms with van der Waals surface area (Å²) in [6.45, 7) is -0.241. The molecule has 3 rings (SSSR count). The predicted molar refractivity (Wildman–Crippen MR) is 107 cm³/mol. The highest BCUT2D eigenvalue weighted by Gasteiger charge is 2.23. The zero-order valence-electron chi connectivity index (χ0n) is 16.3. The summed E-state index contributed by atoms with van der Waals surface area (Å²) in [5, 5.41) is 0. The van der Waals surface area contributed by atoms with Crippen LogP contribution in [0.4, 0.5) is 8.78 Å². The highest BCUT2D eigenvalue weighted by molar-refractivity contribution is 5.74. The van der Waals surface area contributed by atoms with Crippen LogP contribution < -0.4 is 9.47 Å². The third-order valence-electron chi connectivity index (χ3n) is 4.46. The molecule has 1 aliphatic carbocycles. The van der Waals surface area contributed by atoms with Crippen LogP contribution in [0.2, 0.25) is 0 Å². The fourth-order valence-electron chi connectivity index (χ4n) is 2.74. The Kier molecular flexibility index (Phi) is 7.22. The molecule has 2 aromatic carbocycles. The van der Waals surface area contributed by atoms with Crippen molar-refractivity contribution in [1.82, 2.24) is 0 Å². The number of esters is 1. The van der Waals surface area contributed by atoms with Crippen LogP contribution in [0, 0.1) is 5.92 Å². The van der Waals surface area contributed by atoms with E-state index < -0.39 is 6.61 Å². The van der Waals surface area contributed by atoms with E-state index in [9.17, 15) is 13.6 Å². The summed E-state index contributed by atoms with van der Waals surface area (Å²) < 4.78 is 40.4. The lowest BCUT2D eigenvalue weighted by atomic mass is 10.1. The van der Waals surface area contributed by atoms with E-state index in [1.165, 1.54) is 6.07 Å². The predicted octanol–water partition coefficient (Wildman–Crippen LogP) is 5.35. The number of ether oxygens (including phenoxy) is 3. The van der Waals surface area contributed by atoms with E-state index in [1.807, 2.05) is 36.4 Å². The number of alkyl halides is 2. The first-order valence-electron chi connectivity index (χ1n) is 9.68. The summed E-state index contributed by atoms with van der Waals surface area (Å²) >= 11 is 0. The summed E-state index contributed by atoms with van der Waals surface area (Å²) in [7, 11) is 0. The topological polar surface area (TPSA) is 44.8 Å². The molecular weight excluding hydrogens is 378 g/mol. The molecule has 0 spiro atoms. The van der Waals surface area contributed by atoms with Gasteiger partial charge in [-0.15, -0.1) is 0 Å². The second kappa shape index (κ2) is 10.0. The Hall–Kier alpha value is -2.89. The molecular formula is C23H24F2O4. The highest BCUT2D eigenvalue weighted by atomic mass is 19.3. The van der Waals surface area contributed by atoms with Crippen molar-refractivity contribution in [3.05, 3.63) is 59.2 Å². The Morgan fingerprint density at radius 1 is 1.07 bits per heavy atom. The van der Waals surface area contributed by atoms with Crippen LogP contribution in [-0.4, -0.2) is 25.8 Å². The van der Waals surface area contributed by atoms with E-state index in [1.54, 1.807) is 19.1 Å². The quantitative estimate of drug-likeness (QED) is 0.397. The monoisotopic (exact) mass is 402 g/mol. The molecule has 0 heterocycles. The fraction of sp³-hybridized carbons (Fsp3) is 0.348. The molecule has 154 valence electrons. The highest BCUT2D eigenvalue weighted by Crippen LogP contribution is 2.34. The first kappa shape index (κ1) is 20.8. The van der Waals surface area contributed by atoms with Crippen molar-refractivity contribution in [3.63, 3.8) is 0 Å². The van der Waals surface area contributed by atoms with Crippen molar-refractivity contribution in [2.45, 2.75) is 32.8 Å². The minimum absolute atomic E-state index is 0.0427. The van der Waals surface area contributed by atoms with Gasteiger partial charge in [0.05, 0.1) is 19.6 Å². The SMILES string of the molecule is CCOC(=O)Cc1ccc(/C=C/c2ccc(OC(F)F)c(OCC3CC3)c2)cc1. The van der Waals surface area contributed by atoms with Gasteiger partial charge in [0.15, 0.2) is 11.5 Å². The van der Waals surface area contributed by atoms with E-state index in [0.29, 0.717) is 24.9 Å². The second-order valence-corrected chi connectivity index (χ2v) is 6.90. The van der Waals surface area contributed by atoms with Gasteiger partial charge >= 0.3 is 12.6 Å². The molecule has 0 bridgehead atoms. The first-order chi connectivity index (χ1) is 14.0. The Balaban J connectivity index is 1.67. The number of halogens is 2. The van der Waals surface area contributed by atoms with Crippen molar-refractivity contribution in [3.8, 4) is 11.5 Å². The Labute approximate surface area is 169 Å². The lowest BCUT2D eigenvalue weighted by molar-refractivity contribution is -0.142. The lowest BCUT2D eigenvalue weighted by Gasteiger charge is -2.12. The summed E-state index contributed by atoms with van der Waals surface area (Å²) in [4.78, 5) is 11.5. The summed E-state index contributed by atoms with van der Waals surface area (Å²) in [5.41, 5.74) is 2.64. The zero-order chi connectivity index (χ0) is 20.6. The van der Waals surface area contributed by atoms with Crippen molar-refractivity contribution < 1.29 is 27.8 Å². The number of rotatable bonds is 10. The Morgan fingerprint density at radius 2 is 1.76 bits per heavy atom. The molecule has 0 saturated heterocycles. The van der Waals surface area contributed by atoms with Gasteiger partial charge in [-0.05, 0) is 54.5 Å². The number of hydrogen-bond acceptors (Lipinski definition) is 4. The van der Waals surface area contributed by atoms with Crippen LogP contribution in [0.25, 0.3) is 12.2 Å². The molecule has 2 aromatic rings.